The molecule has 0 amide bonds. The van der Waals surface area contributed by atoms with E-state index in [4.69, 9.17) is 15.0 Å². The van der Waals surface area contributed by atoms with Crippen LogP contribution in [0.15, 0.2) is 188 Å². The summed E-state index contributed by atoms with van der Waals surface area (Å²) in [6.07, 6.45) is 0. The van der Waals surface area contributed by atoms with Crippen LogP contribution in [0.2, 0.25) is 0 Å². The zero-order chi connectivity index (χ0) is 39.2. The standard InChI is InChI=1S/C54H37N5/c1-54(2)45-22-12-9-19-39(45)40-28-27-38(31-46(40)54)51-55-52(58-47-23-13-10-20-41(47)42-21-11-14-24-48(42)58)57-53(56-51)59-49-32-36(34-15-5-3-6-16-34)25-29-43(49)44-30-26-37(33-50(44)59)35-17-7-4-8-18-35/h3-33H,1-2H3. The van der Waals surface area contributed by atoms with E-state index in [1.165, 1.54) is 22.3 Å². The van der Waals surface area contributed by atoms with Crippen molar-refractivity contribution in [3.63, 3.8) is 0 Å². The summed E-state index contributed by atoms with van der Waals surface area (Å²) in [5.74, 6) is 1.75. The third-order valence-corrected chi connectivity index (χ3v) is 12.4. The van der Waals surface area contributed by atoms with Gasteiger partial charge in [-0.3, -0.25) is 9.13 Å². The van der Waals surface area contributed by atoms with Crippen molar-refractivity contribution in [2.24, 2.45) is 0 Å². The number of nitrogens with zero attached hydrogens (tertiary/aromatic N) is 5. The third-order valence-electron chi connectivity index (χ3n) is 12.4. The van der Waals surface area contributed by atoms with Crippen LogP contribution in [0.4, 0.5) is 0 Å². The maximum atomic E-state index is 5.49. The van der Waals surface area contributed by atoms with Crippen molar-refractivity contribution < 1.29 is 0 Å². The monoisotopic (exact) mass is 755 g/mol. The molecular formula is C54H37N5. The molecule has 0 unspecified atom stereocenters. The Morgan fingerprint density at radius 3 is 1.39 bits per heavy atom. The minimum atomic E-state index is -0.179. The molecule has 0 N–H and O–H groups in total. The van der Waals surface area contributed by atoms with Gasteiger partial charge in [0.05, 0.1) is 22.1 Å². The summed E-state index contributed by atoms with van der Waals surface area (Å²) in [6, 6.07) is 67.2. The Morgan fingerprint density at radius 2 is 0.797 bits per heavy atom. The van der Waals surface area contributed by atoms with E-state index in [2.05, 4.69) is 211 Å². The average molecular weight is 756 g/mol. The van der Waals surface area contributed by atoms with E-state index in [1.54, 1.807) is 0 Å². The maximum absolute atomic E-state index is 5.49. The number of fused-ring (bicyclic) bond motifs is 9. The first-order valence-electron chi connectivity index (χ1n) is 20.2. The lowest BCUT2D eigenvalue weighted by Crippen LogP contribution is -2.15. The third kappa shape index (κ3) is 5.08. The second kappa shape index (κ2) is 12.7. The summed E-state index contributed by atoms with van der Waals surface area (Å²) in [5.41, 5.74) is 14.6. The van der Waals surface area contributed by atoms with Crippen LogP contribution in [0.25, 0.3) is 100 Å². The minimum absolute atomic E-state index is 0.179. The molecule has 0 spiro atoms. The highest BCUT2D eigenvalue weighted by atomic mass is 15.3. The fourth-order valence-corrected chi connectivity index (χ4v) is 9.52. The number of aromatic nitrogens is 5. The molecule has 3 heterocycles. The molecule has 0 bridgehead atoms. The van der Waals surface area contributed by atoms with Gasteiger partial charge in [0.25, 0.3) is 0 Å². The van der Waals surface area contributed by atoms with Crippen LogP contribution in [0.3, 0.4) is 0 Å². The number of hydrogen-bond acceptors (Lipinski definition) is 3. The highest BCUT2D eigenvalue weighted by molar-refractivity contribution is 6.11. The second-order valence-corrected chi connectivity index (χ2v) is 16.1. The van der Waals surface area contributed by atoms with Gasteiger partial charge in [-0.25, -0.2) is 0 Å². The summed E-state index contributed by atoms with van der Waals surface area (Å²) < 4.78 is 4.45. The van der Waals surface area contributed by atoms with Crippen LogP contribution in [-0.4, -0.2) is 24.1 Å². The number of para-hydroxylation sites is 2. The molecule has 1 aliphatic carbocycles. The quantitative estimate of drug-likeness (QED) is 0.176. The highest BCUT2D eigenvalue weighted by Gasteiger charge is 2.35. The molecule has 0 saturated carbocycles. The molecule has 12 rings (SSSR count). The maximum Gasteiger partial charge on any atom is 0.240 e. The fraction of sp³-hybridized carbons (Fsp3) is 0.0556. The number of benzene rings is 8. The van der Waals surface area contributed by atoms with E-state index in [0.29, 0.717) is 17.7 Å². The zero-order valence-electron chi connectivity index (χ0n) is 32.6. The SMILES string of the molecule is CC1(C)c2ccccc2-c2ccc(-c3nc(-n4c5ccccc5c5ccccc54)nc(-n4c5cc(-c6ccccc6)ccc5c5ccc(-c6ccccc6)cc54)n3)cc21. The van der Waals surface area contributed by atoms with Gasteiger partial charge in [-0.15, -0.1) is 0 Å². The Kier molecular flexibility index (Phi) is 7.20. The molecule has 8 aromatic carbocycles. The molecule has 59 heavy (non-hydrogen) atoms. The first kappa shape index (κ1) is 33.5. The number of hydrogen-bond donors (Lipinski definition) is 0. The Balaban J connectivity index is 1.18. The first-order chi connectivity index (χ1) is 29.0. The summed E-state index contributed by atoms with van der Waals surface area (Å²) in [5, 5.41) is 4.58. The van der Waals surface area contributed by atoms with Crippen LogP contribution in [-0.2, 0) is 5.41 Å². The first-order valence-corrected chi connectivity index (χ1v) is 20.2. The van der Waals surface area contributed by atoms with E-state index in [0.717, 1.165) is 71.4 Å². The topological polar surface area (TPSA) is 48.5 Å². The van der Waals surface area contributed by atoms with Gasteiger partial charge >= 0.3 is 0 Å². The van der Waals surface area contributed by atoms with E-state index < -0.39 is 0 Å². The Bertz CT molecular complexity index is 3320. The summed E-state index contributed by atoms with van der Waals surface area (Å²) in [7, 11) is 0. The van der Waals surface area contributed by atoms with Crippen molar-refractivity contribution in [3.8, 4) is 56.7 Å². The zero-order valence-corrected chi connectivity index (χ0v) is 32.6. The van der Waals surface area contributed by atoms with Crippen molar-refractivity contribution in [3.05, 3.63) is 199 Å². The summed E-state index contributed by atoms with van der Waals surface area (Å²) in [6.45, 7) is 4.63. The van der Waals surface area contributed by atoms with E-state index >= 15 is 0 Å². The molecule has 5 nitrogen and oxygen atoms in total. The lowest BCUT2D eigenvalue weighted by molar-refractivity contribution is 0.660. The average Bonchev–Trinajstić information content (AvgIpc) is 3.89. The normalized spacial score (nSPS) is 13.1. The van der Waals surface area contributed by atoms with Gasteiger partial charge in [0.1, 0.15) is 0 Å². The molecule has 0 aliphatic heterocycles. The molecule has 5 heteroatoms. The molecule has 0 radical (unpaired) electrons. The molecule has 278 valence electrons. The van der Waals surface area contributed by atoms with Crippen molar-refractivity contribution in [2.75, 3.05) is 0 Å². The van der Waals surface area contributed by atoms with Crippen molar-refractivity contribution in [2.45, 2.75) is 19.3 Å². The molecule has 3 aromatic heterocycles. The Hall–Kier alpha value is -7.63. The van der Waals surface area contributed by atoms with Crippen LogP contribution in [0.5, 0.6) is 0 Å². The van der Waals surface area contributed by atoms with Gasteiger partial charge in [-0.2, -0.15) is 15.0 Å². The molecule has 0 saturated heterocycles. The smallest absolute Gasteiger partial charge is 0.240 e. The van der Waals surface area contributed by atoms with E-state index in [-0.39, 0.29) is 5.41 Å². The minimum Gasteiger partial charge on any atom is -0.278 e. The van der Waals surface area contributed by atoms with Crippen molar-refractivity contribution in [1.29, 1.82) is 0 Å². The predicted octanol–water partition coefficient (Wildman–Crippen LogP) is 13.4. The fourth-order valence-electron chi connectivity index (χ4n) is 9.52. The van der Waals surface area contributed by atoms with Gasteiger partial charge < -0.3 is 0 Å². The summed E-state index contributed by atoms with van der Waals surface area (Å²) >= 11 is 0. The number of rotatable bonds is 5. The van der Waals surface area contributed by atoms with Crippen LogP contribution < -0.4 is 0 Å². The molecule has 0 fully saturated rings. The summed E-state index contributed by atoms with van der Waals surface area (Å²) in [4.78, 5) is 16.4. The molecular weight excluding hydrogens is 719 g/mol. The lowest BCUT2D eigenvalue weighted by Gasteiger charge is -2.22. The van der Waals surface area contributed by atoms with E-state index in [9.17, 15) is 0 Å². The molecule has 11 aromatic rings. The van der Waals surface area contributed by atoms with Crippen LogP contribution in [0, 0.1) is 0 Å². The lowest BCUT2D eigenvalue weighted by atomic mass is 9.82. The van der Waals surface area contributed by atoms with Crippen molar-refractivity contribution in [1.82, 2.24) is 24.1 Å². The van der Waals surface area contributed by atoms with Gasteiger partial charge in [0.2, 0.25) is 11.9 Å². The largest absolute Gasteiger partial charge is 0.278 e. The highest BCUT2D eigenvalue weighted by Crippen LogP contribution is 2.49. The van der Waals surface area contributed by atoms with Gasteiger partial charge in [0.15, 0.2) is 5.82 Å². The van der Waals surface area contributed by atoms with Crippen LogP contribution in [0.1, 0.15) is 25.0 Å². The van der Waals surface area contributed by atoms with E-state index in [1.807, 2.05) is 0 Å². The Labute approximate surface area is 341 Å². The van der Waals surface area contributed by atoms with Gasteiger partial charge in [0, 0.05) is 32.5 Å². The van der Waals surface area contributed by atoms with Crippen LogP contribution >= 0.6 is 0 Å². The molecule has 1 aliphatic rings. The predicted molar refractivity (Wildman–Crippen MR) is 242 cm³/mol. The van der Waals surface area contributed by atoms with Crippen molar-refractivity contribution >= 4 is 43.6 Å². The van der Waals surface area contributed by atoms with Gasteiger partial charge in [-0.1, -0.05) is 172 Å². The second-order valence-electron chi connectivity index (χ2n) is 16.1. The van der Waals surface area contributed by atoms with Gasteiger partial charge in [-0.05, 0) is 74.8 Å². The molecule has 0 atom stereocenters. The Morgan fingerprint density at radius 1 is 0.339 bits per heavy atom.